The third-order valence-electron chi connectivity index (χ3n) is 3.37. The summed E-state index contributed by atoms with van der Waals surface area (Å²) in [5.74, 6) is -0.137. The molecule has 0 aromatic heterocycles. The highest BCUT2D eigenvalue weighted by Crippen LogP contribution is 2.20. The number of aliphatic carboxylic acids is 1. The molecule has 0 saturated carbocycles. The number of hydrogen-bond acceptors (Lipinski definition) is 4. The number of ether oxygens (including phenoxy) is 1. The summed E-state index contributed by atoms with van der Waals surface area (Å²) >= 11 is 0. The zero-order valence-electron chi connectivity index (χ0n) is 12.2. The van der Waals surface area contributed by atoms with Gasteiger partial charge in [-0.2, -0.15) is 0 Å². The van der Waals surface area contributed by atoms with Crippen molar-refractivity contribution >= 4 is 5.97 Å². The maximum Gasteiger partial charge on any atom is 0.306 e. The van der Waals surface area contributed by atoms with Crippen molar-refractivity contribution in [2.45, 2.75) is 31.9 Å². The number of nitrogens with zero attached hydrogens (tertiary/aromatic N) is 1. The Balaban J connectivity index is 2.57. The van der Waals surface area contributed by atoms with Crippen LogP contribution >= 0.6 is 0 Å². The van der Waals surface area contributed by atoms with E-state index in [4.69, 9.17) is 9.84 Å². The van der Waals surface area contributed by atoms with E-state index in [-0.39, 0.29) is 12.5 Å². The van der Waals surface area contributed by atoms with Gasteiger partial charge in [-0.15, -0.1) is 0 Å². The van der Waals surface area contributed by atoms with E-state index in [0.29, 0.717) is 6.54 Å². The van der Waals surface area contributed by atoms with E-state index in [1.807, 2.05) is 43.1 Å². The molecule has 2 N–H and O–H groups in total. The maximum atomic E-state index is 10.5. The average molecular weight is 281 g/mol. The highest BCUT2D eigenvalue weighted by molar-refractivity contribution is 5.67. The summed E-state index contributed by atoms with van der Waals surface area (Å²) in [6.07, 6.45) is -0.302. The third-order valence-corrected chi connectivity index (χ3v) is 3.37. The number of likely N-dealkylation sites (N-methyl/N-ethyl adjacent to an activating group) is 1. The second-order valence-electron chi connectivity index (χ2n) is 5.06. The summed E-state index contributed by atoms with van der Waals surface area (Å²) in [6.45, 7) is 2.38. The van der Waals surface area contributed by atoms with Gasteiger partial charge in [0, 0.05) is 12.6 Å². The molecule has 5 nitrogen and oxygen atoms in total. The van der Waals surface area contributed by atoms with Crippen molar-refractivity contribution < 1.29 is 19.7 Å². The van der Waals surface area contributed by atoms with Gasteiger partial charge in [-0.3, -0.25) is 4.79 Å². The van der Waals surface area contributed by atoms with Gasteiger partial charge in [0.1, 0.15) is 5.75 Å². The first kappa shape index (κ1) is 16.5. The second kappa shape index (κ2) is 7.87. The van der Waals surface area contributed by atoms with E-state index in [9.17, 15) is 9.90 Å². The molecule has 1 rings (SSSR count). The SMILES string of the molecule is COc1ccccc1CC(C)N(C)CC(O)CC(=O)O. The normalized spacial score (nSPS) is 14.1. The van der Waals surface area contributed by atoms with Gasteiger partial charge in [-0.1, -0.05) is 18.2 Å². The molecule has 0 aliphatic heterocycles. The number of aliphatic hydroxyl groups excluding tert-OH is 1. The minimum atomic E-state index is -0.983. The molecule has 0 amide bonds. The summed E-state index contributed by atoms with van der Waals surface area (Å²) in [4.78, 5) is 12.5. The van der Waals surface area contributed by atoms with Crippen LogP contribution < -0.4 is 4.74 Å². The maximum absolute atomic E-state index is 10.5. The predicted molar refractivity (Wildman–Crippen MR) is 77.0 cm³/mol. The summed E-state index contributed by atoms with van der Waals surface area (Å²) in [6, 6.07) is 7.99. The molecule has 5 heteroatoms. The Labute approximate surface area is 119 Å². The Morgan fingerprint density at radius 3 is 2.65 bits per heavy atom. The van der Waals surface area contributed by atoms with Gasteiger partial charge in [0.25, 0.3) is 0 Å². The molecule has 0 saturated heterocycles. The van der Waals surface area contributed by atoms with Gasteiger partial charge in [0.2, 0.25) is 0 Å². The molecule has 0 aliphatic carbocycles. The van der Waals surface area contributed by atoms with Crippen LogP contribution in [0.4, 0.5) is 0 Å². The molecule has 0 radical (unpaired) electrons. The standard InChI is InChI=1S/C15H23NO4/c1-11(16(2)10-13(17)9-15(18)19)8-12-6-4-5-7-14(12)20-3/h4-7,11,13,17H,8-10H2,1-3H3,(H,18,19). The number of aliphatic hydroxyl groups is 1. The highest BCUT2D eigenvalue weighted by atomic mass is 16.5. The molecule has 2 atom stereocenters. The van der Waals surface area contributed by atoms with Gasteiger partial charge in [-0.25, -0.2) is 0 Å². The van der Waals surface area contributed by atoms with Crippen molar-refractivity contribution in [3.63, 3.8) is 0 Å². The number of methoxy groups -OCH3 is 1. The number of benzene rings is 1. The van der Waals surface area contributed by atoms with E-state index in [2.05, 4.69) is 0 Å². The summed E-state index contributed by atoms with van der Waals surface area (Å²) in [5, 5.41) is 18.3. The smallest absolute Gasteiger partial charge is 0.306 e. The fourth-order valence-electron chi connectivity index (χ4n) is 2.12. The van der Waals surface area contributed by atoms with Crippen molar-refractivity contribution in [2.75, 3.05) is 20.7 Å². The minimum Gasteiger partial charge on any atom is -0.496 e. The van der Waals surface area contributed by atoms with Crippen LogP contribution in [0.1, 0.15) is 18.9 Å². The van der Waals surface area contributed by atoms with Crippen molar-refractivity contribution in [3.05, 3.63) is 29.8 Å². The van der Waals surface area contributed by atoms with Crippen LogP contribution in [0.25, 0.3) is 0 Å². The lowest BCUT2D eigenvalue weighted by Crippen LogP contribution is -2.37. The van der Waals surface area contributed by atoms with Crippen molar-refractivity contribution in [1.82, 2.24) is 4.90 Å². The Bertz CT molecular complexity index is 436. The minimum absolute atomic E-state index is 0.176. The first-order valence-electron chi connectivity index (χ1n) is 6.66. The van der Waals surface area contributed by atoms with Crippen LogP contribution in [0.3, 0.4) is 0 Å². The quantitative estimate of drug-likeness (QED) is 0.753. The molecule has 0 aliphatic rings. The molecule has 0 spiro atoms. The van der Waals surface area contributed by atoms with E-state index >= 15 is 0 Å². The molecule has 2 unspecified atom stereocenters. The van der Waals surface area contributed by atoms with Crippen LogP contribution in [-0.2, 0) is 11.2 Å². The van der Waals surface area contributed by atoms with Crippen LogP contribution in [0.2, 0.25) is 0 Å². The third kappa shape index (κ3) is 5.19. The Hall–Kier alpha value is -1.59. The second-order valence-corrected chi connectivity index (χ2v) is 5.06. The molecular weight excluding hydrogens is 258 g/mol. The topological polar surface area (TPSA) is 70.0 Å². The van der Waals surface area contributed by atoms with E-state index < -0.39 is 12.1 Å². The number of carbonyl (C=O) groups is 1. The predicted octanol–water partition coefficient (Wildman–Crippen LogP) is 1.39. The van der Waals surface area contributed by atoms with Gasteiger partial charge in [0.15, 0.2) is 0 Å². The summed E-state index contributed by atoms with van der Waals surface area (Å²) in [5.41, 5.74) is 1.10. The molecule has 20 heavy (non-hydrogen) atoms. The fraction of sp³-hybridized carbons (Fsp3) is 0.533. The molecule has 1 aromatic rings. The summed E-state index contributed by atoms with van der Waals surface area (Å²) in [7, 11) is 3.52. The monoisotopic (exact) mass is 281 g/mol. The first-order valence-corrected chi connectivity index (χ1v) is 6.66. The fourth-order valence-corrected chi connectivity index (χ4v) is 2.12. The van der Waals surface area contributed by atoms with Gasteiger partial charge in [0.05, 0.1) is 19.6 Å². The van der Waals surface area contributed by atoms with Crippen LogP contribution in [0, 0.1) is 0 Å². The van der Waals surface area contributed by atoms with Crippen LogP contribution in [-0.4, -0.2) is 53.9 Å². The number of para-hydroxylation sites is 1. The number of carboxylic acid groups (broad SMARTS) is 1. The number of hydrogen-bond donors (Lipinski definition) is 2. The summed E-state index contributed by atoms with van der Waals surface area (Å²) < 4.78 is 5.31. The first-order chi connectivity index (χ1) is 9.43. The zero-order chi connectivity index (χ0) is 15.1. The Morgan fingerprint density at radius 1 is 1.40 bits per heavy atom. The molecule has 1 aromatic carbocycles. The molecule has 0 heterocycles. The van der Waals surface area contributed by atoms with Crippen LogP contribution in [0.15, 0.2) is 24.3 Å². The van der Waals surface area contributed by atoms with Gasteiger partial charge < -0.3 is 19.8 Å². The zero-order valence-corrected chi connectivity index (χ0v) is 12.2. The lowest BCUT2D eigenvalue weighted by molar-refractivity contribution is -0.139. The number of rotatable bonds is 8. The molecule has 0 bridgehead atoms. The average Bonchev–Trinajstić information content (AvgIpc) is 2.38. The Morgan fingerprint density at radius 2 is 2.05 bits per heavy atom. The van der Waals surface area contributed by atoms with Crippen molar-refractivity contribution in [1.29, 1.82) is 0 Å². The highest BCUT2D eigenvalue weighted by Gasteiger charge is 2.17. The largest absolute Gasteiger partial charge is 0.496 e. The number of carboxylic acids is 1. The molecule has 112 valence electrons. The van der Waals surface area contributed by atoms with E-state index in [0.717, 1.165) is 17.7 Å². The van der Waals surface area contributed by atoms with Crippen LogP contribution in [0.5, 0.6) is 5.75 Å². The molecule has 0 fully saturated rings. The lowest BCUT2D eigenvalue weighted by atomic mass is 10.0. The van der Waals surface area contributed by atoms with Crippen molar-refractivity contribution in [3.8, 4) is 5.75 Å². The van der Waals surface area contributed by atoms with E-state index in [1.165, 1.54) is 0 Å². The van der Waals surface area contributed by atoms with E-state index in [1.54, 1.807) is 7.11 Å². The van der Waals surface area contributed by atoms with Crippen molar-refractivity contribution in [2.24, 2.45) is 0 Å². The van der Waals surface area contributed by atoms with Gasteiger partial charge in [-0.05, 0) is 32.0 Å². The molecular formula is C15H23NO4. The van der Waals surface area contributed by atoms with Gasteiger partial charge >= 0.3 is 5.97 Å². The Kier molecular flexibility index (Phi) is 6.48. The lowest BCUT2D eigenvalue weighted by Gasteiger charge is -2.27.